The summed E-state index contributed by atoms with van der Waals surface area (Å²) in [4.78, 5) is 76.4. The molecule has 0 saturated carbocycles. The van der Waals surface area contributed by atoms with Crippen molar-refractivity contribution in [1.29, 1.82) is 0 Å². The quantitative estimate of drug-likeness (QED) is 0.214. The van der Waals surface area contributed by atoms with Crippen molar-refractivity contribution in [2.45, 2.75) is 40.0 Å². The molecule has 0 aromatic rings. The SMILES string of the molecule is CC(=O)COCN1C(=O)N(COCC(C)=O)C2C1N(COCC(C)=O)C(=O)N2COCC(C)=O.[B][B][B]. The highest BCUT2D eigenvalue weighted by atomic mass is 16.5. The molecule has 0 aromatic heterocycles. The molecule has 0 N–H and O–H groups in total. The van der Waals surface area contributed by atoms with Gasteiger partial charge < -0.3 is 18.9 Å². The lowest BCUT2D eigenvalue weighted by Gasteiger charge is -2.29. The zero-order valence-electron chi connectivity index (χ0n) is 21.4. The van der Waals surface area contributed by atoms with E-state index in [2.05, 4.69) is 15.5 Å². The predicted octanol–water partition coefficient (Wildman–Crippen LogP) is -1.78. The van der Waals surface area contributed by atoms with Crippen molar-refractivity contribution >= 4 is 57.7 Å². The first-order valence-electron chi connectivity index (χ1n) is 11.1. The van der Waals surface area contributed by atoms with E-state index >= 15 is 0 Å². The van der Waals surface area contributed by atoms with Crippen molar-refractivity contribution in [3.8, 4) is 0 Å². The van der Waals surface area contributed by atoms with Gasteiger partial charge >= 0.3 is 12.1 Å². The van der Waals surface area contributed by atoms with Gasteiger partial charge in [-0.1, -0.05) is 0 Å². The summed E-state index contributed by atoms with van der Waals surface area (Å²) in [5.41, 5.74) is 0. The Kier molecular flexibility index (Phi) is 14.1. The molecule has 0 atom stereocenters. The van der Waals surface area contributed by atoms with Gasteiger partial charge in [0.15, 0.2) is 35.5 Å². The van der Waals surface area contributed by atoms with Crippen LogP contribution in [-0.2, 0) is 38.1 Å². The summed E-state index contributed by atoms with van der Waals surface area (Å²) < 4.78 is 21.3. The van der Waals surface area contributed by atoms with Gasteiger partial charge in [0.25, 0.3) is 0 Å². The van der Waals surface area contributed by atoms with Gasteiger partial charge in [-0.05, 0) is 27.7 Å². The van der Waals surface area contributed by atoms with Crippen LogP contribution in [0, 0.1) is 0 Å². The van der Waals surface area contributed by atoms with E-state index in [1.54, 1.807) is 0 Å². The van der Waals surface area contributed by atoms with Crippen LogP contribution in [0.15, 0.2) is 0 Å². The van der Waals surface area contributed by atoms with E-state index in [1.165, 1.54) is 47.3 Å². The third-order valence-electron chi connectivity index (χ3n) is 4.67. The standard InChI is InChI=1S/C20H30N4O10.B3/c1-13(25)5-31-9-21-17-18(23(19(21)29)11-33-7-15(3)27)24(12-34-8-16(4)28)20(30)22(17)10-32-6-14(2)26;1-3-2/h17-18H,5-12H2,1-4H3;. The van der Waals surface area contributed by atoms with Crippen molar-refractivity contribution in [3.63, 3.8) is 0 Å². The van der Waals surface area contributed by atoms with Crippen LogP contribution in [0.4, 0.5) is 9.59 Å². The minimum atomic E-state index is -0.944. The number of nitrogens with zero attached hydrogens (tertiary/aromatic N) is 4. The molecule has 2 aliphatic heterocycles. The number of ketones is 4. The Morgan fingerprint density at radius 1 is 0.595 bits per heavy atom. The fourth-order valence-corrected chi connectivity index (χ4v) is 3.44. The van der Waals surface area contributed by atoms with Gasteiger partial charge in [0, 0.05) is 22.5 Å². The summed E-state index contributed by atoms with van der Waals surface area (Å²) in [7, 11) is 10.0. The van der Waals surface area contributed by atoms with Gasteiger partial charge in [-0.25, -0.2) is 9.59 Å². The monoisotopic (exact) mass is 519 g/mol. The number of ether oxygens (including phenoxy) is 4. The number of urea groups is 2. The molecule has 0 aromatic carbocycles. The van der Waals surface area contributed by atoms with Gasteiger partial charge in [-0.3, -0.25) is 38.8 Å². The lowest BCUT2D eigenvalue weighted by atomic mass is 9.40. The van der Waals surface area contributed by atoms with Crippen molar-refractivity contribution in [3.05, 3.63) is 0 Å². The molecule has 0 unspecified atom stereocenters. The number of carbonyl (C=O) groups is 6. The average Bonchev–Trinajstić information content (AvgIpc) is 3.20. The zero-order chi connectivity index (χ0) is 28.1. The lowest BCUT2D eigenvalue weighted by molar-refractivity contribution is -0.126. The highest BCUT2D eigenvalue weighted by Gasteiger charge is 2.59. The van der Waals surface area contributed by atoms with Crippen LogP contribution in [0.25, 0.3) is 0 Å². The highest BCUT2D eigenvalue weighted by Crippen LogP contribution is 2.35. The Labute approximate surface area is 218 Å². The molecule has 2 fully saturated rings. The van der Waals surface area contributed by atoms with Crippen LogP contribution in [0.2, 0.25) is 0 Å². The summed E-state index contributed by atoms with van der Waals surface area (Å²) in [6.45, 7) is 3.04. The van der Waals surface area contributed by atoms with Gasteiger partial charge in [0.05, 0.1) is 0 Å². The molecular formula is C20H30B3N4O10. The number of fused-ring (bicyclic) bond motifs is 1. The first kappa shape index (κ1) is 32.3. The largest absolute Gasteiger partial charge is 0.353 e. The van der Waals surface area contributed by atoms with Gasteiger partial charge in [-0.2, -0.15) is 0 Å². The van der Waals surface area contributed by atoms with Crippen molar-refractivity contribution in [2.75, 3.05) is 53.4 Å². The smallest absolute Gasteiger partial charge is 0.327 e. The zero-order valence-corrected chi connectivity index (χ0v) is 21.4. The molecule has 2 aliphatic rings. The highest BCUT2D eigenvalue weighted by molar-refractivity contribution is 7.17. The lowest BCUT2D eigenvalue weighted by Crippen LogP contribution is -2.48. The Hall–Kier alpha value is -2.75. The average molecular weight is 519 g/mol. The summed E-state index contributed by atoms with van der Waals surface area (Å²) in [6, 6.07) is -1.16. The molecule has 5 radical (unpaired) electrons. The summed E-state index contributed by atoms with van der Waals surface area (Å²) in [5, 5.41) is 0. The molecule has 37 heavy (non-hydrogen) atoms. The fourth-order valence-electron chi connectivity index (χ4n) is 3.44. The molecule has 4 amide bonds. The van der Waals surface area contributed by atoms with Gasteiger partial charge in [-0.15, -0.1) is 0 Å². The molecule has 2 saturated heterocycles. The normalized spacial score (nSPS) is 18.5. The molecule has 2 rings (SSSR count). The van der Waals surface area contributed by atoms with Crippen LogP contribution < -0.4 is 0 Å². The molecule has 0 bridgehead atoms. The fraction of sp³-hybridized carbons (Fsp3) is 0.700. The van der Waals surface area contributed by atoms with Crippen LogP contribution >= 0.6 is 0 Å². The van der Waals surface area contributed by atoms with Crippen molar-refractivity contribution < 1.29 is 47.7 Å². The van der Waals surface area contributed by atoms with E-state index in [0.717, 1.165) is 7.06 Å². The van der Waals surface area contributed by atoms with Gasteiger partial charge in [0.1, 0.15) is 53.4 Å². The van der Waals surface area contributed by atoms with Crippen molar-refractivity contribution in [2.24, 2.45) is 0 Å². The number of rotatable bonds is 16. The minimum Gasteiger partial charge on any atom is -0.353 e. The molecule has 17 heteroatoms. The topological polar surface area (TPSA) is 152 Å². The van der Waals surface area contributed by atoms with E-state index in [1.807, 2.05) is 0 Å². The van der Waals surface area contributed by atoms with E-state index in [-0.39, 0.29) is 76.5 Å². The molecule has 2 heterocycles. The van der Waals surface area contributed by atoms with Crippen LogP contribution in [0.5, 0.6) is 0 Å². The van der Waals surface area contributed by atoms with Crippen LogP contribution in [0.3, 0.4) is 0 Å². The maximum atomic E-state index is 13.2. The minimum absolute atomic E-state index is 0.248. The van der Waals surface area contributed by atoms with E-state index in [4.69, 9.17) is 18.9 Å². The van der Waals surface area contributed by atoms with Gasteiger partial charge in [0.2, 0.25) is 0 Å². The molecule has 0 spiro atoms. The first-order valence-corrected chi connectivity index (χ1v) is 11.1. The third-order valence-corrected chi connectivity index (χ3v) is 4.67. The van der Waals surface area contributed by atoms with E-state index in [0.29, 0.717) is 0 Å². The number of amides is 4. The number of carbonyl (C=O) groups excluding carboxylic acids is 6. The Bertz CT molecular complexity index is 723. The third kappa shape index (κ3) is 9.91. The maximum Gasteiger partial charge on any atom is 0.327 e. The predicted molar refractivity (Wildman–Crippen MR) is 129 cm³/mol. The van der Waals surface area contributed by atoms with Crippen LogP contribution in [0.1, 0.15) is 27.7 Å². The number of Topliss-reactive ketones (excluding diaryl/α,β-unsaturated/α-hetero) is 4. The number of hydrogen-bond donors (Lipinski definition) is 0. The summed E-state index contributed by atoms with van der Waals surface area (Å²) >= 11 is 0. The Morgan fingerprint density at radius 2 is 0.784 bits per heavy atom. The summed E-state index contributed by atoms with van der Waals surface area (Å²) in [5.74, 6) is -1.03. The second-order valence-corrected chi connectivity index (χ2v) is 8.18. The van der Waals surface area contributed by atoms with Crippen molar-refractivity contribution in [1.82, 2.24) is 19.6 Å². The molecule has 14 nitrogen and oxygen atoms in total. The molecule has 199 valence electrons. The Morgan fingerprint density at radius 3 is 0.946 bits per heavy atom. The first-order chi connectivity index (χ1) is 17.5. The summed E-state index contributed by atoms with van der Waals surface area (Å²) in [6.07, 6.45) is -1.89. The van der Waals surface area contributed by atoms with Crippen LogP contribution in [-0.4, -0.2) is 143 Å². The second kappa shape index (κ2) is 16.2. The maximum absolute atomic E-state index is 13.2. The van der Waals surface area contributed by atoms with E-state index < -0.39 is 24.4 Å². The Balaban J connectivity index is 0.00000217. The molecular weight excluding hydrogens is 489 g/mol. The molecule has 0 aliphatic carbocycles. The number of hydrogen-bond acceptors (Lipinski definition) is 10. The van der Waals surface area contributed by atoms with E-state index in [9.17, 15) is 28.8 Å². The second-order valence-electron chi connectivity index (χ2n) is 8.18.